The van der Waals surface area contributed by atoms with E-state index in [1.807, 2.05) is 0 Å². The Hall–Kier alpha value is -2.08. The maximum atomic E-state index is 11.0. The summed E-state index contributed by atoms with van der Waals surface area (Å²) in [4.78, 5) is 17.5. The number of hydrogen-bond acceptors (Lipinski definition) is 5. The van der Waals surface area contributed by atoms with Crippen molar-refractivity contribution >= 4 is 23.1 Å². The number of aromatic carboxylic acids is 1. The van der Waals surface area contributed by atoms with Gasteiger partial charge in [0, 0.05) is 19.0 Å². The lowest BCUT2D eigenvalue weighted by Crippen LogP contribution is -2.24. The van der Waals surface area contributed by atoms with Crippen LogP contribution in [0.3, 0.4) is 0 Å². The predicted molar refractivity (Wildman–Crippen MR) is 75.4 cm³/mol. The Kier molecular flexibility index (Phi) is 2.68. The Labute approximate surface area is 121 Å². The highest BCUT2D eigenvalue weighted by molar-refractivity contribution is 5.92. The van der Waals surface area contributed by atoms with Gasteiger partial charge in [-0.25, -0.2) is 4.79 Å². The molecule has 1 saturated carbocycles. The van der Waals surface area contributed by atoms with Gasteiger partial charge in [0.1, 0.15) is 5.52 Å². The van der Waals surface area contributed by atoms with Gasteiger partial charge in [-0.05, 0) is 37.0 Å². The fraction of sp³-hybridized carbons (Fsp3) is 0.467. The van der Waals surface area contributed by atoms with Crippen molar-refractivity contribution in [2.45, 2.75) is 18.9 Å². The fourth-order valence-corrected chi connectivity index (χ4v) is 3.57. The minimum Gasteiger partial charge on any atom is -0.478 e. The molecule has 0 amide bonds. The van der Waals surface area contributed by atoms with Crippen LogP contribution in [-0.2, 0) is 0 Å². The highest BCUT2D eigenvalue weighted by atomic mass is 16.4. The predicted octanol–water partition coefficient (Wildman–Crippen LogP) is 1.73. The normalized spacial score (nSPS) is 28.2. The second kappa shape index (κ2) is 4.46. The van der Waals surface area contributed by atoms with Gasteiger partial charge < -0.3 is 19.5 Å². The summed E-state index contributed by atoms with van der Waals surface area (Å²) >= 11 is 0. The molecule has 3 atom stereocenters. The maximum Gasteiger partial charge on any atom is 0.335 e. The third-order valence-electron chi connectivity index (χ3n) is 4.71. The van der Waals surface area contributed by atoms with Gasteiger partial charge in [-0.3, -0.25) is 0 Å². The molecule has 1 saturated heterocycles. The van der Waals surface area contributed by atoms with Crippen molar-refractivity contribution in [3.05, 3.63) is 23.8 Å². The van der Waals surface area contributed by atoms with Crippen LogP contribution in [0, 0.1) is 11.8 Å². The number of oxazole rings is 1. The van der Waals surface area contributed by atoms with E-state index in [-0.39, 0.29) is 11.7 Å². The van der Waals surface area contributed by atoms with E-state index in [9.17, 15) is 9.90 Å². The van der Waals surface area contributed by atoms with Gasteiger partial charge in [0.25, 0.3) is 6.01 Å². The summed E-state index contributed by atoms with van der Waals surface area (Å²) in [5, 5.41) is 19.0. The van der Waals surface area contributed by atoms with E-state index >= 15 is 0 Å². The third kappa shape index (κ3) is 1.98. The summed E-state index contributed by atoms with van der Waals surface area (Å²) in [6.45, 7) is 1.60. The van der Waals surface area contributed by atoms with Crippen LogP contribution < -0.4 is 4.90 Å². The van der Waals surface area contributed by atoms with Gasteiger partial charge in [-0.1, -0.05) is 0 Å². The summed E-state index contributed by atoms with van der Waals surface area (Å²) < 4.78 is 5.71. The van der Waals surface area contributed by atoms with Crippen LogP contribution in [0.2, 0.25) is 0 Å². The molecule has 110 valence electrons. The first-order valence-electron chi connectivity index (χ1n) is 7.19. The smallest absolute Gasteiger partial charge is 0.335 e. The molecule has 1 aromatic carbocycles. The average molecular weight is 288 g/mol. The van der Waals surface area contributed by atoms with Gasteiger partial charge in [-0.2, -0.15) is 4.98 Å². The number of aliphatic hydroxyl groups excluding tert-OH is 1. The number of nitrogens with zero attached hydrogens (tertiary/aromatic N) is 2. The van der Waals surface area contributed by atoms with Crippen molar-refractivity contribution < 1.29 is 19.4 Å². The van der Waals surface area contributed by atoms with Crippen LogP contribution in [0.5, 0.6) is 0 Å². The molecular formula is C15H16N2O4. The topological polar surface area (TPSA) is 86.8 Å². The zero-order chi connectivity index (χ0) is 14.6. The molecule has 6 heteroatoms. The number of aliphatic hydroxyl groups is 1. The summed E-state index contributed by atoms with van der Waals surface area (Å²) in [6, 6.07) is 5.21. The number of hydrogen-bond donors (Lipinski definition) is 2. The molecule has 21 heavy (non-hydrogen) atoms. The van der Waals surface area contributed by atoms with Crippen molar-refractivity contribution in [1.29, 1.82) is 0 Å². The highest BCUT2D eigenvalue weighted by Crippen LogP contribution is 2.40. The lowest BCUT2D eigenvalue weighted by atomic mass is 10.00. The van der Waals surface area contributed by atoms with E-state index < -0.39 is 5.97 Å². The van der Waals surface area contributed by atoms with Gasteiger partial charge in [0.15, 0.2) is 5.58 Å². The molecule has 2 heterocycles. The molecule has 3 unspecified atom stereocenters. The molecule has 2 N–H and O–H groups in total. The van der Waals surface area contributed by atoms with Gasteiger partial charge in [-0.15, -0.1) is 0 Å². The van der Waals surface area contributed by atoms with Gasteiger partial charge in [0.2, 0.25) is 0 Å². The van der Waals surface area contributed by atoms with Crippen LogP contribution in [0.4, 0.5) is 6.01 Å². The zero-order valence-electron chi connectivity index (χ0n) is 11.4. The number of benzene rings is 1. The SMILES string of the molecule is O=C(O)c1ccc2nc(N3CC4CCC(O)C4C3)oc2c1. The monoisotopic (exact) mass is 288 g/mol. The molecule has 2 fully saturated rings. The first kappa shape index (κ1) is 12.6. The van der Waals surface area contributed by atoms with E-state index in [0.29, 0.717) is 29.0 Å². The summed E-state index contributed by atoms with van der Waals surface area (Å²) in [5.74, 6) is -0.173. The Morgan fingerprint density at radius 1 is 1.33 bits per heavy atom. The number of carboxylic acid groups (broad SMARTS) is 1. The van der Waals surface area contributed by atoms with Crippen molar-refractivity contribution in [3.63, 3.8) is 0 Å². The van der Waals surface area contributed by atoms with E-state index in [2.05, 4.69) is 9.88 Å². The largest absolute Gasteiger partial charge is 0.478 e. The van der Waals surface area contributed by atoms with E-state index in [1.54, 1.807) is 6.07 Å². The summed E-state index contributed by atoms with van der Waals surface area (Å²) in [6.07, 6.45) is 1.72. The number of fused-ring (bicyclic) bond motifs is 2. The molecule has 2 aliphatic rings. The van der Waals surface area contributed by atoms with Crippen molar-refractivity contribution in [2.24, 2.45) is 11.8 Å². The molecule has 1 aliphatic heterocycles. The van der Waals surface area contributed by atoms with Crippen molar-refractivity contribution in [2.75, 3.05) is 18.0 Å². The fourth-order valence-electron chi connectivity index (χ4n) is 3.57. The van der Waals surface area contributed by atoms with Crippen LogP contribution in [0.25, 0.3) is 11.1 Å². The van der Waals surface area contributed by atoms with Crippen LogP contribution in [-0.4, -0.2) is 40.4 Å². The number of carbonyl (C=O) groups is 1. The molecule has 4 rings (SSSR count). The van der Waals surface area contributed by atoms with Crippen molar-refractivity contribution in [3.8, 4) is 0 Å². The Balaban J connectivity index is 1.64. The number of rotatable bonds is 2. The molecule has 1 aliphatic carbocycles. The number of carboxylic acids is 1. The zero-order valence-corrected chi connectivity index (χ0v) is 11.4. The first-order valence-corrected chi connectivity index (χ1v) is 7.19. The standard InChI is InChI=1S/C15H16N2O4/c18-12-4-2-9-6-17(7-10(9)12)15-16-11-3-1-8(14(19)20)5-13(11)21-15/h1,3,5,9-10,12,18H,2,4,6-7H2,(H,19,20). The lowest BCUT2D eigenvalue weighted by Gasteiger charge is -2.15. The second-order valence-electron chi connectivity index (χ2n) is 5.96. The number of anilines is 1. The van der Waals surface area contributed by atoms with Crippen LogP contribution in [0.1, 0.15) is 23.2 Å². The van der Waals surface area contributed by atoms with Crippen LogP contribution >= 0.6 is 0 Å². The number of aromatic nitrogens is 1. The Bertz CT molecular complexity index is 711. The molecule has 2 aromatic rings. The van der Waals surface area contributed by atoms with E-state index in [4.69, 9.17) is 9.52 Å². The molecular weight excluding hydrogens is 272 g/mol. The molecule has 0 bridgehead atoms. The van der Waals surface area contributed by atoms with E-state index in [1.165, 1.54) is 12.1 Å². The maximum absolute atomic E-state index is 11.0. The molecule has 0 spiro atoms. The Morgan fingerprint density at radius 3 is 2.95 bits per heavy atom. The minimum atomic E-state index is -0.978. The quantitative estimate of drug-likeness (QED) is 0.875. The van der Waals surface area contributed by atoms with Crippen molar-refractivity contribution in [1.82, 2.24) is 4.98 Å². The molecule has 0 radical (unpaired) electrons. The Morgan fingerprint density at radius 2 is 2.19 bits per heavy atom. The molecule has 1 aromatic heterocycles. The van der Waals surface area contributed by atoms with Gasteiger partial charge >= 0.3 is 5.97 Å². The third-order valence-corrected chi connectivity index (χ3v) is 4.71. The molecule has 6 nitrogen and oxygen atoms in total. The summed E-state index contributed by atoms with van der Waals surface area (Å²) in [7, 11) is 0. The first-order chi connectivity index (χ1) is 10.1. The van der Waals surface area contributed by atoms with E-state index in [0.717, 1.165) is 25.9 Å². The highest BCUT2D eigenvalue weighted by Gasteiger charge is 2.43. The summed E-state index contributed by atoms with van der Waals surface area (Å²) in [5.41, 5.74) is 1.34. The lowest BCUT2D eigenvalue weighted by molar-refractivity contribution is 0.0697. The van der Waals surface area contributed by atoms with Crippen LogP contribution in [0.15, 0.2) is 22.6 Å². The average Bonchev–Trinajstić information content (AvgIpc) is 3.13. The second-order valence-corrected chi connectivity index (χ2v) is 5.96. The minimum absolute atomic E-state index is 0.193. The van der Waals surface area contributed by atoms with Gasteiger partial charge in [0.05, 0.1) is 11.7 Å².